The third-order valence-corrected chi connectivity index (χ3v) is 6.37. The van der Waals surface area contributed by atoms with Gasteiger partial charge in [-0.1, -0.05) is 13.8 Å². The Hall–Kier alpha value is -4.06. The van der Waals surface area contributed by atoms with E-state index in [1.807, 2.05) is 13.8 Å². The first-order valence-electron chi connectivity index (χ1n) is 10.9. The number of hydrogen-bond donors (Lipinski definition) is 2. The number of halogens is 2. The summed E-state index contributed by atoms with van der Waals surface area (Å²) in [5.41, 5.74) is 7.12. The lowest BCUT2D eigenvalue weighted by Crippen LogP contribution is -2.42. The molecule has 0 spiro atoms. The van der Waals surface area contributed by atoms with Gasteiger partial charge in [0.05, 0.1) is 37.5 Å². The predicted octanol–water partition coefficient (Wildman–Crippen LogP) is 4.63. The smallest absolute Gasteiger partial charge is 0.200 e. The van der Waals surface area contributed by atoms with Crippen LogP contribution in [0.25, 0.3) is 0 Å². The van der Waals surface area contributed by atoms with E-state index in [1.54, 1.807) is 0 Å². The molecule has 2 aromatic rings. The SMILES string of the molecule is COc1cc(C2C(C#N)=C(N)N(c3ccc(F)cc3F)C3=C2C(=O)CC(C)(C)C3)cc(OC)c1O. The number of nitrogens with two attached hydrogens (primary N) is 1. The second-order valence-electron chi connectivity index (χ2n) is 9.35. The third kappa shape index (κ3) is 3.95. The quantitative estimate of drug-likeness (QED) is 0.655. The molecule has 0 bridgehead atoms. The van der Waals surface area contributed by atoms with Crippen molar-refractivity contribution in [2.45, 2.75) is 32.6 Å². The van der Waals surface area contributed by atoms with Gasteiger partial charge in [-0.2, -0.15) is 5.26 Å². The number of aromatic hydroxyl groups is 1. The van der Waals surface area contributed by atoms with E-state index in [-0.39, 0.29) is 52.1 Å². The summed E-state index contributed by atoms with van der Waals surface area (Å²) in [5.74, 6) is -2.88. The molecule has 182 valence electrons. The third-order valence-electron chi connectivity index (χ3n) is 6.37. The van der Waals surface area contributed by atoms with Crippen LogP contribution in [-0.4, -0.2) is 25.1 Å². The number of methoxy groups -OCH3 is 2. The number of ether oxygens (including phenoxy) is 2. The number of phenolic OH excluding ortho intramolecular Hbond substituents is 1. The van der Waals surface area contributed by atoms with Crippen molar-refractivity contribution in [1.29, 1.82) is 5.26 Å². The van der Waals surface area contributed by atoms with Crippen molar-refractivity contribution in [3.63, 3.8) is 0 Å². The van der Waals surface area contributed by atoms with Crippen molar-refractivity contribution in [1.82, 2.24) is 0 Å². The van der Waals surface area contributed by atoms with Gasteiger partial charge in [-0.15, -0.1) is 0 Å². The van der Waals surface area contributed by atoms with Crippen LogP contribution in [0, 0.1) is 28.4 Å². The molecule has 9 heteroatoms. The van der Waals surface area contributed by atoms with E-state index in [1.165, 1.54) is 37.3 Å². The van der Waals surface area contributed by atoms with Crippen LogP contribution in [0.4, 0.5) is 14.5 Å². The molecule has 1 unspecified atom stereocenters. The molecule has 0 saturated carbocycles. The summed E-state index contributed by atoms with van der Waals surface area (Å²) < 4.78 is 39.1. The van der Waals surface area contributed by atoms with Gasteiger partial charge in [-0.25, -0.2) is 8.78 Å². The Morgan fingerprint density at radius 1 is 1.14 bits per heavy atom. The molecule has 0 aromatic heterocycles. The molecule has 2 aliphatic rings. The number of nitriles is 1. The van der Waals surface area contributed by atoms with Gasteiger partial charge < -0.3 is 20.3 Å². The number of ketones is 1. The highest BCUT2D eigenvalue weighted by Gasteiger charge is 2.45. The summed E-state index contributed by atoms with van der Waals surface area (Å²) in [6, 6.07) is 8.16. The first-order valence-corrected chi connectivity index (χ1v) is 10.9. The topological polar surface area (TPSA) is 109 Å². The number of rotatable bonds is 4. The second kappa shape index (κ2) is 8.62. The number of anilines is 1. The lowest BCUT2D eigenvalue weighted by molar-refractivity contribution is -0.118. The van der Waals surface area contributed by atoms with Gasteiger partial charge in [0, 0.05) is 23.8 Å². The number of hydrogen-bond acceptors (Lipinski definition) is 7. The van der Waals surface area contributed by atoms with E-state index >= 15 is 0 Å². The minimum Gasteiger partial charge on any atom is -0.502 e. The summed E-state index contributed by atoms with van der Waals surface area (Å²) in [7, 11) is 2.74. The molecular formula is C26H25F2N3O4. The summed E-state index contributed by atoms with van der Waals surface area (Å²) in [6.07, 6.45) is 0.556. The van der Waals surface area contributed by atoms with Gasteiger partial charge in [-0.3, -0.25) is 9.69 Å². The Morgan fingerprint density at radius 2 is 1.77 bits per heavy atom. The number of phenols is 1. The van der Waals surface area contributed by atoms with Crippen LogP contribution in [0.15, 0.2) is 53.0 Å². The van der Waals surface area contributed by atoms with E-state index < -0.39 is 23.0 Å². The molecule has 7 nitrogen and oxygen atoms in total. The molecule has 1 atom stereocenters. The summed E-state index contributed by atoms with van der Waals surface area (Å²) in [5, 5.41) is 20.5. The molecule has 1 aliphatic carbocycles. The maximum atomic E-state index is 14.9. The normalized spacial score (nSPS) is 19.4. The fraction of sp³-hybridized carbons (Fsp3) is 0.308. The monoisotopic (exact) mass is 481 g/mol. The van der Waals surface area contributed by atoms with Crippen molar-refractivity contribution in [2.24, 2.45) is 11.1 Å². The van der Waals surface area contributed by atoms with Crippen molar-refractivity contribution in [3.8, 4) is 23.3 Å². The van der Waals surface area contributed by atoms with E-state index in [9.17, 15) is 23.9 Å². The van der Waals surface area contributed by atoms with Gasteiger partial charge in [0.25, 0.3) is 0 Å². The highest BCUT2D eigenvalue weighted by molar-refractivity contribution is 6.01. The fourth-order valence-electron chi connectivity index (χ4n) is 4.86. The van der Waals surface area contributed by atoms with Gasteiger partial charge in [0.1, 0.15) is 17.5 Å². The number of allylic oxidation sites excluding steroid dienone is 3. The minimum atomic E-state index is -0.901. The molecule has 3 N–H and O–H groups in total. The van der Waals surface area contributed by atoms with Gasteiger partial charge in [-0.05, 0) is 41.7 Å². The van der Waals surface area contributed by atoms with Gasteiger partial charge in [0.15, 0.2) is 17.3 Å². The van der Waals surface area contributed by atoms with Gasteiger partial charge in [0.2, 0.25) is 5.75 Å². The first-order chi connectivity index (χ1) is 16.5. The second-order valence-corrected chi connectivity index (χ2v) is 9.35. The highest BCUT2D eigenvalue weighted by atomic mass is 19.1. The van der Waals surface area contributed by atoms with Crippen LogP contribution in [0.5, 0.6) is 17.2 Å². The Bertz CT molecular complexity index is 1320. The van der Waals surface area contributed by atoms with Crippen molar-refractivity contribution in [2.75, 3.05) is 19.1 Å². The average molecular weight is 481 g/mol. The van der Waals surface area contributed by atoms with Crippen LogP contribution in [0.3, 0.4) is 0 Å². The number of carbonyl (C=O) groups excluding carboxylic acids is 1. The van der Waals surface area contributed by atoms with Crippen LogP contribution >= 0.6 is 0 Å². The molecule has 0 radical (unpaired) electrons. The molecule has 1 aliphatic heterocycles. The van der Waals surface area contributed by atoms with Crippen molar-refractivity contribution >= 4 is 11.5 Å². The van der Waals surface area contributed by atoms with E-state index in [2.05, 4.69) is 6.07 Å². The lowest BCUT2D eigenvalue weighted by atomic mass is 9.68. The lowest BCUT2D eigenvalue weighted by Gasteiger charge is -2.43. The molecule has 2 aromatic carbocycles. The standard InChI is InChI=1S/C26H25F2N3O4/c1-26(2)10-18-23(19(32)11-26)22(13-7-20(34-3)24(33)21(8-13)35-4)15(12-29)25(30)31(18)17-6-5-14(27)9-16(17)28/h5-9,22,33H,10-11,30H2,1-4H3. The Kier molecular flexibility index (Phi) is 5.93. The molecule has 35 heavy (non-hydrogen) atoms. The van der Waals surface area contributed by atoms with E-state index in [4.69, 9.17) is 15.2 Å². The van der Waals surface area contributed by atoms with Crippen LogP contribution < -0.4 is 20.1 Å². The minimum absolute atomic E-state index is 0.00956. The number of nitrogens with zero attached hydrogens (tertiary/aromatic N) is 2. The molecular weight excluding hydrogens is 456 g/mol. The summed E-state index contributed by atoms with van der Waals surface area (Å²) >= 11 is 0. The molecule has 0 amide bonds. The van der Waals surface area contributed by atoms with E-state index in [0.717, 1.165) is 12.1 Å². The predicted molar refractivity (Wildman–Crippen MR) is 125 cm³/mol. The fourth-order valence-corrected chi connectivity index (χ4v) is 4.86. The Morgan fingerprint density at radius 3 is 2.31 bits per heavy atom. The summed E-state index contributed by atoms with van der Waals surface area (Å²) in [4.78, 5) is 14.9. The zero-order chi connectivity index (χ0) is 25.7. The first kappa shape index (κ1) is 24.1. The van der Waals surface area contributed by atoms with Crippen molar-refractivity contribution in [3.05, 3.63) is 70.2 Å². The zero-order valence-electron chi connectivity index (χ0n) is 19.8. The molecule has 4 rings (SSSR count). The molecule has 0 saturated heterocycles. The number of benzene rings is 2. The highest BCUT2D eigenvalue weighted by Crippen LogP contribution is 2.52. The van der Waals surface area contributed by atoms with Crippen molar-refractivity contribution < 1.29 is 28.2 Å². The van der Waals surface area contributed by atoms with Crippen LogP contribution in [0.1, 0.15) is 38.2 Å². The largest absolute Gasteiger partial charge is 0.502 e. The van der Waals surface area contributed by atoms with Gasteiger partial charge >= 0.3 is 0 Å². The zero-order valence-corrected chi connectivity index (χ0v) is 19.8. The average Bonchev–Trinajstić information content (AvgIpc) is 2.78. The molecule has 1 heterocycles. The van der Waals surface area contributed by atoms with Crippen LogP contribution in [0.2, 0.25) is 0 Å². The van der Waals surface area contributed by atoms with Crippen LogP contribution in [-0.2, 0) is 4.79 Å². The molecule has 0 fully saturated rings. The maximum absolute atomic E-state index is 14.9. The number of Topliss-reactive ketones (excluding diaryl/α,β-unsaturated/α-hetero) is 1. The van der Waals surface area contributed by atoms with E-state index in [0.29, 0.717) is 17.7 Å². The summed E-state index contributed by atoms with van der Waals surface area (Å²) in [6.45, 7) is 3.82. The Labute approximate surface area is 201 Å². The maximum Gasteiger partial charge on any atom is 0.200 e. The Balaban J connectivity index is 2.05. The number of carbonyl (C=O) groups is 1.